The highest BCUT2D eigenvalue weighted by molar-refractivity contribution is 6.25. The maximum atomic E-state index is 2.21. The van der Waals surface area contributed by atoms with E-state index in [-0.39, 0.29) is 0 Å². The lowest BCUT2D eigenvalue weighted by atomic mass is 9.95. The molecule has 0 bridgehead atoms. The van der Waals surface area contributed by atoms with Crippen molar-refractivity contribution in [2.75, 3.05) is 0 Å². The molecule has 0 amide bonds. The van der Waals surface area contributed by atoms with Gasteiger partial charge in [0.1, 0.15) is 0 Å². The minimum atomic E-state index is 1.34. The zero-order chi connectivity index (χ0) is 22.2. The van der Waals surface area contributed by atoms with E-state index in [0.29, 0.717) is 0 Å². The van der Waals surface area contributed by atoms with Gasteiger partial charge in [-0.05, 0) is 32.3 Å². The first-order valence-electron chi connectivity index (χ1n) is 11.2. The largest absolute Gasteiger partial charge is 0.0683 e. The van der Waals surface area contributed by atoms with Crippen molar-refractivity contribution in [3.63, 3.8) is 0 Å². The van der Waals surface area contributed by atoms with Gasteiger partial charge in [-0.3, -0.25) is 0 Å². The summed E-state index contributed by atoms with van der Waals surface area (Å²) in [4.78, 5) is 0. The molecular weight excluding hydrogens is 360 g/mol. The van der Waals surface area contributed by atoms with Crippen LogP contribution in [0.2, 0.25) is 0 Å². The van der Waals surface area contributed by atoms with Crippen LogP contribution in [0.1, 0.15) is 41.5 Å². The SMILES string of the molecule is CC.CC.CC.c1ccc2c(c1)c1ccccc1c1ccccc21.c1ccccc1. The normalized spacial score (nSPS) is 9.00. The summed E-state index contributed by atoms with van der Waals surface area (Å²) >= 11 is 0. The number of fused-ring (bicyclic) bond motifs is 6. The van der Waals surface area contributed by atoms with Crippen molar-refractivity contribution in [2.24, 2.45) is 0 Å². The first kappa shape index (κ1) is 24.9. The van der Waals surface area contributed by atoms with Crippen LogP contribution in [0.15, 0.2) is 109 Å². The van der Waals surface area contributed by atoms with E-state index in [1.165, 1.54) is 32.3 Å². The fraction of sp³-hybridized carbons (Fsp3) is 0.200. The summed E-state index contributed by atoms with van der Waals surface area (Å²) in [6.45, 7) is 12.0. The van der Waals surface area contributed by atoms with E-state index in [1.807, 2.05) is 77.9 Å². The first-order valence-corrected chi connectivity index (χ1v) is 11.2. The predicted octanol–water partition coefficient (Wildman–Crippen LogP) is 9.91. The Labute approximate surface area is 183 Å². The monoisotopic (exact) mass is 396 g/mol. The molecule has 0 N–H and O–H groups in total. The third-order valence-electron chi connectivity index (χ3n) is 4.32. The van der Waals surface area contributed by atoms with Gasteiger partial charge in [0.2, 0.25) is 0 Å². The van der Waals surface area contributed by atoms with Crippen molar-refractivity contribution in [3.8, 4) is 0 Å². The Bertz CT molecular complexity index is 845. The summed E-state index contributed by atoms with van der Waals surface area (Å²) in [5, 5.41) is 8.04. The van der Waals surface area contributed by atoms with Gasteiger partial charge in [-0.25, -0.2) is 0 Å². The summed E-state index contributed by atoms with van der Waals surface area (Å²) in [5.41, 5.74) is 0. The molecule has 0 fully saturated rings. The van der Waals surface area contributed by atoms with Crippen LogP contribution in [0.5, 0.6) is 0 Å². The quantitative estimate of drug-likeness (QED) is 0.228. The van der Waals surface area contributed by atoms with Gasteiger partial charge in [0, 0.05) is 0 Å². The molecule has 0 aliphatic heterocycles. The van der Waals surface area contributed by atoms with E-state index < -0.39 is 0 Å². The molecule has 5 aromatic carbocycles. The summed E-state index contributed by atoms with van der Waals surface area (Å²) in [6.07, 6.45) is 0. The van der Waals surface area contributed by atoms with Crippen molar-refractivity contribution in [3.05, 3.63) is 109 Å². The fourth-order valence-corrected chi connectivity index (χ4v) is 3.24. The third kappa shape index (κ3) is 6.19. The van der Waals surface area contributed by atoms with E-state index in [0.717, 1.165) is 0 Å². The van der Waals surface area contributed by atoms with Gasteiger partial charge >= 0.3 is 0 Å². The van der Waals surface area contributed by atoms with Crippen LogP contribution >= 0.6 is 0 Å². The van der Waals surface area contributed by atoms with Crippen LogP contribution in [-0.2, 0) is 0 Å². The van der Waals surface area contributed by atoms with Gasteiger partial charge in [0.25, 0.3) is 0 Å². The van der Waals surface area contributed by atoms with Crippen molar-refractivity contribution in [1.29, 1.82) is 0 Å². The molecule has 0 nitrogen and oxygen atoms in total. The maximum absolute atomic E-state index is 2.21. The highest BCUT2D eigenvalue weighted by Gasteiger charge is 2.06. The summed E-state index contributed by atoms with van der Waals surface area (Å²) in [6, 6.07) is 38.0. The van der Waals surface area contributed by atoms with Crippen LogP contribution < -0.4 is 0 Å². The van der Waals surface area contributed by atoms with Gasteiger partial charge in [-0.2, -0.15) is 0 Å². The molecule has 0 radical (unpaired) electrons. The van der Waals surface area contributed by atoms with Crippen molar-refractivity contribution >= 4 is 32.3 Å². The van der Waals surface area contributed by atoms with Crippen molar-refractivity contribution < 1.29 is 0 Å². The molecule has 5 aromatic rings. The van der Waals surface area contributed by atoms with Crippen LogP contribution in [0, 0.1) is 0 Å². The first-order chi connectivity index (χ1) is 14.9. The number of benzene rings is 5. The molecule has 0 spiro atoms. The van der Waals surface area contributed by atoms with Gasteiger partial charge in [-0.1, -0.05) is 151 Å². The van der Waals surface area contributed by atoms with Gasteiger partial charge in [0.05, 0.1) is 0 Å². The predicted molar refractivity (Wildman–Crippen MR) is 139 cm³/mol. The Balaban J connectivity index is 0.000000316. The lowest BCUT2D eigenvalue weighted by Gasteiger charge is -2.09. The van der Waals surface area contributed by atoms with Gasteiger partial charge < -0.3 is 0 Å². The number of hydrogen-bond donors (Lipinski definition) is 0. The zero-order valence-electron chi connectivity index (χ0n) is 19.4. The van der Waals surface area contributed by atoms with Gasteiger partial charge in [-0.15, -0.1) is 0 Å². The van der Waals surface area contributed by atoms with Gasteiger partial charge in [0.15, 0.2) is 0 Å². The zero-order valence-corrected chi connectivity index (χ0v) is 19.4. The molecule has 0 aromatic heterocycles. The van der Waals surface area contributed by atoms with E-state index in [9.17, 15) is 0 Å². The molecule has 0 saturated carbocycles. The van der Waals surface area contributed by atoms with Crippen LogP contribution in [0.25, 0.3) is 32.3 Å². The smallest absolute Gasteiger partial charge is 0.00990 e. The Morgan fingerprint density at radius 2 is 0.367 bits per heavy atom. The Morgan fingerprint density at radius 1 is 0.233 bits per heavy atom. The van der Waals surface area contributed by atoms with E-state index in [1.54, 1.807) is 0 Å². The highest BCUT2D eigenvalue weighted by Crippen LogP contribution is 2.34. The average molecular weight is 397 g/mol. The van der Waals surface area contributed by atoms with Crippen LogP contribution in [-0.4, -0.2) is 0 Å². The molecule has 0 unspecified atom stereocenters. The summed E-state index contributed by atoms with van der Waals surface area (Å²) < 4.78 is 0. The molecule has 0 saturated heterocycles. The molecule has 0 atom stereocenters. The minimum absolute atomic E-state index is 1.34. The summed E-state index contributed by atoms with van der Waals surface area (Å²) in [7, 11) is 0. The standard InChI is InChI=1S/C18H12.C6H6.3C2H6/c1-2-8-14-13(7-1)15-9-3-4-11-17(15)18-12-6-5-10-16(14)18;1-2-4-6-5-3-1;3*1-2/h1-12H;1-6H;3*1-2H3. The highest BCUT2D eigenvalue weighted by atomic mass is 14.1. The lowest BCUT2D eigenvalue weighted by Crippen LogP contribution is -1.81. The Kier molecular flexibility index (Phi) is 12.3. The van der Waals surface area contributed by atoms with E-state index in [4.69, 9.17) is 0 Å². The molecule has 0 aliphatic rings. The molecular formula is C30H36. The topological polar surface area (TPSA) is 0 Å². The molecule has 0 aliphatic carbocycles. The second-order valence-electron chi connectivity index (χ2n) is 5.79. The number of hydrogen-bond acceptors (Lipinski definition) is 0. The maximum Gasteiger partial charge on any atom is -0.00990 e. The number of rotatable bonds is 0. The second-order valence-corrected chi connectivity index (χ2v) is 5.79. The minimum Gasteiger partial charge on any atom is -0.0683 e. The van der Waals surface area contributed by atoms with Crippen LogP contribution in [0.3, 0.4) is 0 Å². The molecule has 156 valence electrons. The average Bonchev–Trinajstić information content (AvgIpc) is 2.89. The van der Waals surface area contributed by atoms with Crippen molar-refractivity contribution in [2.45, 2.75) is 41.5 Å². The van der Waals surface area contributed by atoms with E-state index >= 15 is 0 Å². The lowest BCUT2D eigenvalue weighted by molar-refractivity contribution is 1.50. The summed E-state index contributed by atoms with van der Waals surface area (Å²) in [5.74, 6) is 0. The third-order valence-corrected chi connectivity index (χ3v) is 4.32. The van der Waals surface area contributed by atoms with E-state index in [2.05, 4.69) is 72.8 Å². The second kappa shape index (κ2) is 14.8. The Hall–Kier alpha value is -3.12. The van der Waals surface area contributed by atoms with Crippen LogP contribution in [0.4, 0.5) is 0 Å². The Morgan fingerprint density at radius 3 is 0.500 bits per heavy atom. The van der Waals surface area contributed by atoms with Crippen molar-refractivity contribution in [1.82, 2.24) is 0 Å². The fourth-order valence-electron chi connectivity index (χ4n) is 3.24. The molecule has 5 rings (SSSR count). The molecule has 0 heterocycles. The molecule has 0 heteroatoms. The molecule has 30 heavy (non-hydrogen) atoms.